The Bertz CT molecular complexity index is 767. The Hall–Kier alpha value is -1.51. The summed E-state index contributed by atoms with van der Waals surface area (Å²) in [6.07, 6.45) is 1.64. The number of nitrogens with one attached hydrogen (secondary N) is 1. The van der Waals surface area contributed by atoms with E-state index in [9.17, 15) is 4.79 Å². The van der Waals surface area contributed by atoms with Crippen LogP contribution in [0.3, 0.4) is 0 Å². The van der Waals surface area contributed by atoms with Crippen LogP contribution in [0.25, 0.3) is 11.4 Å². The molecule has 0 unspecified atom stereocenters. The summed E-state index contributed by atoms with van der Waals surface area (Å²) in [5, 5.41) is 10.8. The first kappa shape index (κ1) is 16.4. The number of halogens is 1. The maximum absolute atomic E-state index is 11.8. The zero-order chi connectivity index (χ0) is 16.1. The van der Waals surface area contributed by atoms with Crippen molar-refractivity contribution in [3.8, 4) is 11.4 Å². The molecular weight excluding hydrogens is 398 g/mol. The molecule has 23 heavy (non-hydrogen) atoms. The Morgan fingerprint density at radius 2 is 2.22 bits per heavy atom. The van der Waals surface area contributed by atoms with Gasteiger partial charge in [-0.25, -0.2) is 0 Å². The van der Waals surface area contributed by atoms with E-state index in [0.717, 1.165) is 15.8 Å². The largest absolute Gasteiger partial charge is 0.356 e. The normalized spacial score (nSPS) is 10.8. The van der Waals surface area contributed by atoms with Gasteiger partial charge in [-0.1, -0.05) is 5.16 Å². The van der Waals surface area contributed by atoms with Crippen LogP contribution in [-0.2, 0) is 17.6 Å². The lowest BCUT2D eigenvalue weighted by Crippen LogP contribution is -2.25. The molecule has 0 saturated heterocycles. The van der Waals surface area contributed by atoms with Gasteiger partial charge in [0.05, 0.1) is 3.79 Å². The number of aryl methyl sites for hydroxylation is 1. The minimum atomic E-state index is -0.00379. The molecule has 5 nitrogen and oxygen atoms in total. The molecule has 0 spiro atoms. The van der Waals surface area contributed by atoms with Crippen molar-refractivity contribution in [2.45, 2.75) is 19.3 Å². The molecule has 3 heterocycles. The second-order valence-electron chi connectivity index (χ2n) is 4.83. The Morgan fingerprint density at radius 1 is 1.30 bits per heavy atom. The maximum atomic E-state index is 11.8. The molecule has 0 aliphatic carbocycles. The van der Waals surface area contributed by atoms with Gasteiger partial charge >= 0.3 is 0 Å². The lowest BCUT2D eigenvalue weighted by atomic mass is 10.2. The van der Waals surface area contributed by atoms with E-state index in [1.54, 1.807) is 22.7 Å². The molecule has 120 valence electrons. The summed E-state index contributed by atoms with van der Waals surface area (Å²) in [6, 6.07) is 6.02. The quantitative estimate of drug-likeness (QED) is 0.639. The summed E-state index contributed by atoms with van der Waals surface area (Å²) in [5.41, 5.74) is 0.941. The van der Waals surface area contributed by atoms with Gasteiger partial charge in [-0.2, -0.15) is 16.3 Å². The van der Waals surface area contributed by atoms with E-state index in [-0.39, 0.29) is 5.91 Å². The highest BCUT2D eigenvalue weighted by Gasteiger charge is 2.10. The van der Waals surface area contributed by atoms with Gasteiger partial charge in [0.25, 0.3) is 0 Å². The summed E-state index contributed by atoms with van der Waals surface area (Å²) >= 11 is 6.70. The molecule has 1 N–H and O–H groups in total. The number of rotatable bonds is 7. The topological polar surface area (TPSA) is 68.0 Å². The summed E-state index contributed by atoms with van der Waals surface area (Å²) in [5.74, 6) is 1.06. The van der Waals surface area contributed by atoms with Crippen LogP contribution < -0.4 is 5.32 Å². The third kappa shape index (κ3) is 4.73. The van der Waals surface area contributed by atoms with Crippen LogP contribution in [0.1, 0.15) is 17.2 Å². The van der Waals surface area contributed by atoms with Crippen molar-refractivity contribution in [1.82, 2.24) is 15.5 Å². The Kier molecular flexibility index (Phi) is 5.58. The van der Waals surface area contributed by atoms with Crippen LogP contribution in [0.5, 0.6) is 0 Å². The van der Waals surface area contributed by atoms with E-state index >= 15 is 0 Å². The van der Waals surface area contributed by atoms with Gasteiger partial charge in [-0.15, -0.1) is 11.3 Å². The van der Waals surface area contributed by atoms with Gasteiger partial charge in [0, 0.05) is 35.2 Å². The van der Waals surface area contributed by atoms with Gasteiger partial charge in [0.1, 0.15) is 0 Å². The molecule has 0 atom stereocenters. The molecule has 0 bridgehead atoms. The van der Waals surface area contributed by atoms with Crippen LogP contribution in [0.2, 0.25) is 0 Å². The Morgan fingerprint density at radius 3 is 2.96 bits per heavy atom. The zero-order valence-corrected chi connectivity index (χ0v) is 15.3. The number of carbonyl (C=O) groups is 1. The Balaban J connectivity index is 1.40. The molecule has 0 aliphatic rings. The molecule has 3 aromatic rings. The van der Waals surface area contributed by atoms with Gasteiger partial charge in [0.2, 0.25) is 17.6 Å². The van der Waals surface area contributed by atoms with Crippen LogP contribution in [0.4, 0.5) is 0 Å². The molecular formula is C15H14BrN3O2S2. The monoisotopic (exact) mass is 411 g/mol. The highest BCUT2D eigenvalue weighted by molar-refractivity contribution is 9.11. The first-order valence-electron chi connectivity index (χ1n) is 7.07. The number of amides is 1. The standard InChI is InChI=1S/C15H14BrN3O2S2/c16-12-2-1-11(23-12)5-7-17-13(20)3-4-14-18-15(19-21-14)10-6-8-22-9-10/h1-2,6,8-9H,3-5,7H2,(H,17,20). The summed E-state index contributed by atoms with van der Waals surface area (Å²) in [7, 11) is 0. The molecule has 0 aliphatic heterocycles. The highest BCUT2D eigenvalue weighted by Crippen LogP contribution is 2.22. The van der Waals surface area contributed by atoms with Crippen molar-refractivity contribution >= 4 is 44.5 Å². The third-order valence-electron chi connectivity index (χ3n) is 3.14. The number of nitrogens with zero attached hydrogens (tertiary/aromatic N) is 2. The number of thiophene rings is 2. The average molecular weight is 412 g/mol. The highest BCUT2D eigenvalue weighted by atomic mass is 79.9. The average Bonchev–Trinajstić information content (AvgIpc) is 3.26. The van der Waals surface area contributed by atoms with Crippen molar-refractivity contribution in [1.29, 1.82) is 0 Å². The number of aromatic nitrogens is 2. The van der Waals surface area contributed by atoms with Crippen LogP contribution in [0, 0.1) is 0 Å². The molecule has 0 fully saturated rings. The van der Waals surface area contributed by atoms with Gasteiger partial charge in [-0.3, -0.25) is 4.79 Å². The fraction of sp³-hybridized carbons (Fsp3) is 0.267. The number of hydrogen-bond donors (Lipinski definition) is 1. The van der Waals surface area contributed by atoms with Gasteiger partial charge < -0.3 is 9.84 Å². The fourth-order valence-corrected chi connectivity index (χ4v) is 4.10. The van der Waals surface area contributed by atoms with Gasteiger partial charge in [0.15, 0.2) is 0 Å². The minimum Gasteiger partial charge on any atom is -0.356 e. The second-order valence-corrected chi connectivity index (χ2v) is 8.16. The molecule has 8 heteroatoms. The molecule has 3 rings (SSSR count). The van der Waals surface area contributed by atoms with Crippen molar-refractivity contribution < 1.29 is 9.32 Å². The van der Waals surface area contributed by atoms with E-state index in [2.05, 4.69) is 37.5 Å². The molecule has 3 aromatic heterocycles. The zero-order valence-electron chi connectivity index (χ0n) is 12.1. The molecule has 1 amide bonds. The molecule has 0 radical (unpaired) electrons. The SMILES string of the molecule is O=C(CCc1nc(-c2ccsc2)no1)NCCc1ccc(Br)s1. The first-order valence-corrected chi connectivity index (χ1v) is 9.62. The lowest BCUT2D eigenvalue weighted by molar-refractivity contribution is -0.121. The maximum Gasteiger partial charge on any atom is 0.227 e. The van der Waals surface area contributed by atoms with Crippen molar-refractivity contribution in [3.63, 3.8) is 0 Å². The minimum absolute atomic E-state index is 0.00379. The van der Waals surface area contributed by atoms with Crippen LogP contribution in [0.15, 0.2) is 37.3 Å². The van der Waals surface area contributed by atoms with Crippen molar-refractivity contribution in [2.75, 3.05) is 6.54 Å². The van der Waals surface area contributed by atoms with E-state index in [1.165, 1.54) is 4.88 Å². The van der Waals surface area contributed by atoms with Crippen molar-refractivity contribution in [3.05, 3.63) is 43.5 Å². The van der Waals surface area contributed by atoms with Gasteiger partial charge in [-0.05, 0) is 45.9 Å². The third-order valence-corrected chi connectivity index (χ3v) is 5.50. The number of carbonyl (C=O) groups excluding carboxylic acids is 1. The smallest absolute Gasteiger partial charge is 0.227 e. The lowest BCUT2D eigenvalue weighted by Gasteiger charge is -2.02. The fourth-order valence-electron chi connectivity index (χ4n) is 1.99. The van der Waals surface area contributed by atoms with Crippen LogP contribution in [-0.4, -0.2) is 22.6 Å². The van der Waals surface area contributed by atoms with Crippen molar-refractivity contribution in [2.24, 2.45) is 0 Å². The van der Waals surface area contributed by atoms with E-state index in [0.29, 0.717) is 31.1 Å². The van der Waals surface area contributed by atoms with E-state index < -0.39 is 0 Å². The number of hydrogen-bond acceptors (Lipinski definition) is 6. The summed E-state index contributed by atoms with van der Waals surface area (Å²) in [4.78, 5) is 17.4. The molecule has 0 saturated carbocycles. The first-order chi connectivity index (χ1) is 11.2. The predicted octanol–water partition coefficient (Wildman–Crippen LogP) is 3.91. The second kappa shape index (κ2) is 7.85. The predicted molar refractivity (Wildman–Crippen MR) is 94.7 cm³/mol. The summed E-state index contributed by atoms with van der Waals surface area (Å²) in [6.45, 7) is 0.635. The summed E-state index contributed by atoms with van der Waals surface area (Å²) < 4.78 is 6.28. The van der Waals surface area contributed by atoms with Crippen LogP contribution >= 0.6 is 38.6 Å². The Labute approximate surface area is 149 Å². The molecule has 0 aromatic carbocycles. The van der Waals surface area contributed by atoms with E-state index in [1.807, 2.05) is 22.9 Å². The van der Waals surface area contributed by atoms with E-state index in [4.69, 9.17) is 4.52 Å².